The number of hydrogen-bond donors (Lipinski definition) is 1. The van der Waals surface area contributed by atoms with Crippen LogP contribution in [0.4, 0.5) is 0 Å². The number of carbonyl (C=O) groups excluding carboxylic acids is 2. The number of rotatable bonds is 2. The minimum Gasteiger partial charge on any atom is -0.340 e. The lowest BCUT2D eigenvalue weighted by molar-refractivity contribution is -0.152. The summed E-state index contributed by atoms with van der Waals surface area (Å²) in [5, 5.41) is 2.71. The highest BCUT2D eigenvalue weighted by molar-refractivity contribution is 5.99. The fourth-order valence-electron chi connectivity index (χ4n) is 1.68. The number of nitrogens with zero attached hydrogens (tertiary/aromatic N) is 1. The normalized spacial score (nSPS) is 26.3. The summed E-state index contributed by atoms with van der Waals surface area (Å²) in [5.41, 5.74) is -0.751. The molecule has 0 bridgehead atoms. The largest absolute Gasteiger partial charge is 0.340 e. The molecule has 0 radical (unpaired) electrons. The maximum atomic E-state index is 11.9. The first-order valence-electron chi connectivity index (χ1n) is 5.03. The maximum absolute atomic E-state index is 11.9. The lowest BCUT2D eigenvalue weighted by atomic mass is 9.97. The molecule has 0 aromatic rings. The number of piperazine rings is 1. The molecule has 1 unspecified atom stereocenters. The van der Waals surface area contributed by atoms with Crippen LogP contribution in [0.1, 0.15) is 34.1 Å². The minimum absolute atomic E-state index is 0.00597. The Hall–Kier alpha value is -1.06. The Bertz CT molecular complexity index is 261. The average molecular weight is 198 g/mol. The SMILES string of the molecule is CCCN1C(=O)C(C)(C)NC(=O)C1C. The molecular weight excluding hydrogens is 180 g/mol. The highest BCUT2D eigenvalue weighted by atomic mass is 16.2. The van der Waals surface area contributed by atoms with Gasteiger partial charge >= 0.3 is 0 Å². The summed E-state index contributed by atoms with van der Waals surface area (Å²) >= 11 is 0. The molecule has 14 heavy (non-hydrogen) atoms. The molecule has 1 aliphatic rings. The Morgan fingerprint density at radius 3 is 2.50 bits per heavy atom. The van der Waals surface area contributed by atoms with Gasteiger partial charge in [0.25, 0.3) is 0 Å². The number of amides is 2. The predicted molar refractivity (Wildman–Crippen MR) is 53.7 cm³/mol. The molecule has 1 fully saturated rings. The molecule has 4 nitrogen and oxygen atoms in total. The smallest absolute Gasteiger partial charge is 0.248 e. The van der Waals surface area contributed by atoms with E-state index in [1.165, 1.54) is 0 Å². The van der Waals surface area contributed by atoms with E-state index in [1.54, 1.807) is 25.7 Å². The zero-order valence-electron chi connectivity index (χ0n) is 9.26. The summed E-state index contributed by atoms with van der Waals surface area (Å²) in [5.74, 6) is -0.0606. The van der Waals surface area contributed by atoms with Crippen LogP contribution in [-0.4, -0.2) is 34.8 Å². The van der Waals surface area contributed by atoms with Crippen molar-refractivity contribution < 1.29 is 9.59 Å². The molecule has 2 amide bonds. The van der Waals surface area contributed by atoms with Crippen LogP contribution in [0, 0.1) is 0 Å². The van der Waals surface area contributed by atoms with Crippen LogP contribution in [0.3, 0.4) is 0 Å². The summed E-state index contributed by atoms with van der Waals surface area (Å²) in [6, 6.07) is -0.338. The molecule has 1 atom stereocenters. The van der Waals surface area contributed by atoms with Crippen LogP contribution in [0.15, 0.2) is 0 Å². The minimum atomic E-state index is -0.751. The van der Waals surface area contributed by atoms with E-state index in [2.05, 4.69) is 5.32 Å². The first-order valence-corrected chi connectivity index (χ1v) is 5.03. The molecule has 1 saturated heterocycles. The fourth-order valence-corrected chi connectivity index (χ4v) is 1.68. The molecule has 0 saturated carbocycles. The molecule has 0 aromatic heterocycles. The van der Waals surface area contributed by atoms with Gasteiger partial charge in [0.05, 0.1) is 0 Å². The Labute approximate surface area is 84.7 Å². The van der Waals surface area contributed by atoms with Crippen molar-refractivity contribution in [3.63, 3.8) is 0 Å². The van der Waals surface area contributed by atoms with Crippen molar-refractivity contribution in [2.45, 2.75) is 45.7 Å². The Morgan fingerprint density at radius 1 is 1.43 bits per heavy atom. The third-order valence-electron chi connectivity index (χ3n) is 2.54. The van der Waals surface area contributed by atoms with Crippen molar-refractivity contribution in [1.29, 1.82) is 0 Å². The molecule has 0 aliphatic carbocycles. The monoisotopic (exact) mass is 198 g/mol. The van der Waals surface area contributed by atoms with E-state index in [0.29, 0.717) is 6.54 Å². The summed E-state index contributed by atoms with van der Waals surface area (Å²) in [6.07, 6.45) is 0.874. The van der Waals surface area contributed by atoms with Crippen molar-refractivity contribution in [2.24, 2.45) is 0 Å². The first-order chi connectivity index (χ1) is 6.40. The molecular formula is C10H18N2O2. The van der Waals surface area contributed by atoms with Crippen LogP contribution in [0.2, 0.25) is 0 Å². The zero-order valence-corrected chi connectivity index (χ0v) is 9.26. The van der Waals surface area contributed by atoms with Gasteiger partial charge in [-0.3, -0.25) is 9.59 Å². The van der Waals surface area contributed by atoms with Crippen molar-refractivity contribution in [1.82, 2.24) is 10.2 Å². The summed E-state index contributed by atoms with van der Waals surface area (Å²) in [4.78, 5) is 25.1. The quantitative estimate of drug-likeness (QED) is 0.703. The standard InChI is InChI=1S/C10H18N2O2/c1-5-6-12-7(2)8(13)11-10(3,4)9(12)14/h7H,5-6H2,1-4H3,(H,11,13). The third kappa shape index (κ3) is 1.74. The van der Waals surface area contributed by atoms with Gasteiger partial charge in [0.2, 0.25) is 11.8 Å². The van der Waals surface area contributed by atoms with Gasteiger partial charge < -0.3 is 10.2 Å². The molecule has 1 rings (SSSR count). The van der Waals surface area contributed by atoms with Crippen molar-refractivity contribution in [3.05, 3.63) is 0 Å². The van der Waals surface area contributed by atoms with Crippen LogP contribution in [0.25, 0.3) is 0 Å². The average Bonchev–Trinajstić information content (AvgIpc) is 2.09. The van der Waals surface area contributed by atoms with Crippen LogP contribution in [-0.2, 0) is 9.59 Å². The predicted octanol–water partition coefficient (Wildman–Crippen LogP) is 0.522. The summed E-state index contributed by atoms with van der Waals surface area (Å²) < 4.78 is 0. The molecule has 1 aliphatic heterocycles. The highest BCUT2D eigenvalue weighted by Crippen LogP contribution is 2.17. The van der Waals surface area contributed by atoms with Crippen molar-refractivity contribution in [2.75, 3.05) is 6.54 Å². The van der Waals surface area contributed by atoms with E-state index in [-0.39, 0.29) is 17.9 Å². The second-order valence-corrected chi connectivity index (χ2v) is 4.29. The van der Waals surface area contributed by atoms with Crippen molar-refractivity contribution >= 4 is 11.8 Å². The lowest BCUT2D eigenvalue weighted by Crippen LogP contribution is -2.67. The van der Waals surface area contributed by atoms with E-state index in [1.807, 2.05) is 6.92 Å². The molecule has 0 aromatic carbocycles. The van der Waals surface area contributed by atoms with Crippen LogP contribution >= 0.6 is 0 Å². The second-order valence-electron chi connectivity index (χ2n) is 4.29. The first kappa shape index (κ1) is 11.0. The van der Waals surface area contributed by atoms with Gasteiger partial charge in [0.15, 0.2) is 0 Å². The van der Waals surface area contributed by atoms with Gasteiger partial charge in [0.1, 0.15) is 11.6 Å². The Morgan fingerprint density at radius 2 is 2.00 bits per heavy atom. The van der Waals surface area contributed by atoms with Gasteiger partial charge in [-0.2, -0.15) is 0 Å². The van der Waals surface area contributed by atoms with Crippen LogP contribution in [0.5, 0.6) is 0 Å². The summed E-state index contributed by atoms with van der Waals surface area (Å²) in [7, 11) is 0. The number of carbonyl (C=O) groups is 2. The topological polar surface area (TPSA) is 49.4 Å². The van der Waals surface area contributed by atoms with Crippen LogP contribution < -0.4 is 5.32 Å². The molecule has 0 spiro atoms. The Kier molecular flexibility index (Phi) is 2.83. The second kappa shape index (κ2) is 3.59. The zero-order chi connectivity index (χ0) is 10.9. The molecule has 1 heterocycles. The maximum Gasteiger partial charge on any atom is 0.248 e. The third-order valence-corrected chi connectivity index (χ3v) is 2.54. The molecule has 4 heteroatoms. The fraction of sp³-hybridized carbons (Fsp3) is 0.800. The summed E-state index contributed by atoms with van der Waals surface area (Å²) in [6.45, 7) is 7.89. The van der Waals surface area contributed by atoms with Crippen molar-refractivity contribution in [3.8, 4) is 0 Å². The highest BCUT2D eigenvalue weighted by Gasteiger charge is 2.42. The van der Waals surface area contributed by atoms with Gasteiger partial charge in [0, 0.05) is 6.54 Å². The van der Waals surface area contributed by atoms with Gasteiger partial charge in [-0.15, -0.1) is 0 Å². The molecule has 1 N–H and O–H groups in total. The lowest BCUT2D eigenvalue weighted by Gasteiger charge is -2.41. The Balaban J connectivity index is 2.90. The van der Waals surface area contributed by atoms with Gasteiger partial charge in [-0.25, -0.2) is 0 Å². The van der Waals surface area contributed by atoms with Gasteiger partial charge in [-0.1, -0.05) is 6.92 Å². The number of nitrogens with one attached hydrogen (secondary N) is 1. The van der Waals surface area contributed by atoms with E-state index < -0.39 is 5.54 Å². The van der Waals surface area contributed by atoms with E-state index in [0.717, 1.165) is 6.42 Å². The van der Waals surface area contributed by atoms with Gasteiger partial charge in [-0.05, 0) is 27.2 Å². The van der Waals surface area contributed by atoms with E-state index in [9.17, 15) is 9.59 Å². The van der Waals surface area contributed by atoms with E-state index in [4.69, 9.17) is 0 Å². The van der Waals surface area contributed by atoms with E-state index >= 15 is 0 Å². The number of hydrogen-bond acceptors (Lipinski definition) is 2. The molecule has 80 valence electrons.